The lowest BCUT2D eigenvalue weighted by atomic mass is 9.43. The number of carbonyl (C=O) groups is 1. The minimum Gasteiger partial charge on any atom is -0.481 e. The molecule has 4 aliphatic rings. The van der Waals surface area contributed by atoms with Crippen LogP contribution in [0.5, 0.6) is 0 Å². The fraction of sp³-hybridized carbons (Fsp3) is 0.941. The Morgan fingerprint density at radius 3 is 2.39 bits per heavy atom. The molecule has 1 saturated heterocycles. The van der Waals surface area contributed by atoms with Crippen LogP contribution in [0.25, 0.3) is 0 Å². The third kappa shape index (κ3) is 3.44. The summed E-state index contributed by atoms with van der Waals surface area (Å²) in [6.45, 7) is 12.5. The van der Waals surface area contributed by atoms with Gasteiger partial charge in [-0.3, -0.25) is 4.79 Å². The van der Waals surface area contributed by atoms with Crippen LogP contribution in [-0.2, 0) is 14.1 Å². The van der Waals surface area contributed by atoms with Crippen LogP contribution < -0.4 is 5.73 Å². The number of aliphatic carboxylic acids is 1. The van der Waals surface area contributed by atoms with Crippen molar-refractivity contribution in [1.29, 1.82) is 0 Å². The fourth-order valence-corrected chi connectivity index (χ4v) is 4.74. The summed E-state index contributed by atoms with van der Waals surface area (Å²) in [6.07, 6.45) is 3.67. The molecule has 5 atom stereocenters. The zero-order valence-corrected chi connectivity index (χ0v) is 15.3. The van der Waals surface area contributed by atoms with E-state index in [-0.39, 0.29) is 24.8 Å². The highest BCUT2D eigenvalue weighted by atomic mass is 16.7. The van der Waals surface area contributed by atoms with Crippen LogP contribution in [0, 0.1) is 23.2 Å². The summed E-state index contributed by atoms with van der Waals surface area (Å²) >= 11 is 0. The predicted molar refractivity (Wildman–Crippen MR) is 90.9 cm³/mol. The maximum Gasteiger partial charge on any atom is 0.475 e. The molecule has 4 rings (SSSR count). The van der Waals surface area contributed by atoms with Gasteiger partial charge in [-0.1, -0.05) is 27.7 Å². The van der Waals surface area contributed by atoms with E-state index in [0.29, 0.717) is 17.3 Å². The summed E-state index contributed by atoms with van der Waals surface area (Å²) in [5.41, 5.74) is 6.56. The Morgan fingerprint density at radius 1 is 1.35 bits per heavy atom. The maximum absolute atomic E-state index is 9.00. The summed E-state index contributed by atoms with van der Waals surface area (Å²) < 4.78 is 12.5. The zero-order valence-electron chi connectivity index (χ0n) is 15.3. The molecule has 0 amide bonds. The molecule has 3 saturated carbocycles. The van der Waals surface area contributed by atoms with Crippen LogP contribution in [0.2, 0.25) is 0 Å². The number of hydrogen-bond donors (Lipinski definition) is 2. The molecule has 0 aromatic carbocycles. The monoisotopic (exact) mass is 325 g/mol. The van der Waals surface area contributed by atoms with E-state index in [9.17, 15) is 0 Å². The fourth-order valence-electron chi connectivity index (χ4n) is 4.74. The van der Waals surface area contributed by atoms with E-state index in [2.05, 4.69) is 34.6 Å². The molecule has 0 unspecified atom stereocenters. The van der Waals surface area contributed by atoms with Crippen molar-refractivity contribution in [2.45, 2.75) is 78.5 Å². The molecule has 1 heterocycles. The SMILES string of the molecule is CC(=O)O.CC(C)C[C@@H](N)B1O[C@@H]2C[C@@H]3C[C@@H](C3(C)C)[C@]2(C)O1. The van der Waals surface area contributed by atoms with E-state index in [1.54, 1.807) is 0 Å². The Morgan fingerprint density at radius 2 is 1.91 bits per heavy atom. The van der Waals surface area contributed by atoms with Gasteiger partial charge in [0.25, 0.3) is 5.97 Å². The van der Waals surface area contributed by atoms with Gasteiger partial charge in [0.15, 0.2) is 0 Å². The summed E-state index contributed by atoms with van der Waals surface area (Å²) in [5.74, 6) is 1.18. The van der Waals surface area contributed by atoms with E-state index in [1.807, 2.05) is 0 Å². The van der Waals surface area contributed by atoms with Crippen LogP contribution in [0.4, 0.5) is 0 Å². The van der Waals surface area contributed by atoms with Gasteiger partial charge < -0.3 is 20.1 Å². The van der Waals surface area contributed by atoms with Gasteiger partial charge in [-0.25, -0.2) is 0 Å². The topological polar surface area (TPSA) is 81.8 Å². The zero-order chi connectivity index (χ0) is 17.6. The molecule has 4 fully saturated rings. The second-order valence-electron chi connectivity index (χ2n) is 8.65. The lowest BCUT2D eigenvalue weighted by Gasteiger charge is -2.64. The van der Waals surface area contributed by atoms with Crippen LogP contribution in [0.1, 0.15) is 60.8 Å². The predicted octanol–water partition coefficient (Wildman–Crippen LogP) is 2.72. The third-order valence-electron chi connectivity index (χ3n) is 6.06. The Balaban J connectivity index is 0.000000433. The van der Waals surface area contributed by atoms with Gasteiger partial charge in [0, 0.05) is 12.9 Å². The van der Waals surface area contributed by atoms with Gasteiger partial charge in [-0.2, -0.15) is 0 Å². The normalized spacial score (nSPS) is 38.3. The van der Waals surface area contributed by atoms with Gasteiger partial charge in [-0.15, -0.1) is 0 Å². The molecule has 3 aliphatic carbocycles. The largest absolute Gasteiger partial charge is 0.481 e. The first-order valence-corrected chi connectivity index (χ1v) is 8.76. The van der Waals surface area contributed by atoms with Crippen molar-refractivity contribution in [3.8, 4) is 0 Å². The molecule has 23 heavy (non-hydrogen) atoms. The molecule has 2 bridgehead atoms. The second-order valence-corrected chi connectivity index (χ2v) is 8.65. The molecule has 0 radical (unpaired) electrons. The lowest BCUT2D eigenvalue weighted by Crippen LogP contribution is -2.65. The van der Waals surface area contributed by atoms with E-state index in [0.717, 1.165) is 25.7 Å². The van der Waals surface area contributed by atoms with Crippen molar-refractivity contribution in [3.05, 3.63) is 0 Å². The average molecular weight is 325 g/mol. The lowest BCUT2D eigenvalue weighted by molar-refractivity contribution is -0.199. The summed E-state index contributed by atoms with van der Waals surface area (Å²) in [7, 11) is -0.201. The highest BCUT2D eigenvalue weighted by Crippen LogP contribution is 2.65. The number of hydrogen-bond acceptors (Lipinski definition) is 4. The number of carboxylic acid groups (broad SMARTS) is 1. The third-order valence-corrected chi connectivity index (χ3v) is 6.06. The molecule has 0 aromatic heterocycles. The highest BCUT2D eigenvalue weighted by Gasteiger charge is 2.68. The van der Waals surface area contributed by atoms with Gasteiger partial charge in [0.1, 0.15) is 0 Å². The quantitative estimate of drug-likeness (QED) is 0.780. The first-order chi connectivity index (χ1) is 10.5. The number of rotatable bonds is 3. The first kappa shape index (κ1) is 18.7. The highest BCUT2D eigenvalue weighted by molar-refractivity contribution is 6.47. The molecule has 6 heteroatoms. The maximum atomic E-state index is 9.00. The van der Waals surface area contributed by atoms with Crippen molar-refractivity contribution >= 4 is 13.1 Å². The van der Waals surface area contributed by atoms with Crippen molar-refractivity contribution in [3.63, 3.8) is 0 Å². The Labute approximate surface area is 140 Å². The average Bonchev–Trinajstić information content (AvgIpc) is 2.73. The van der Waals surface area contributed by atoms with Crippen LogP contribution in [0.3, 0.4) is 0 Å². The summed E-state index contributed by atoms with van der Waals surface area (Å²) in [6, 6.07) is 0. The smallest absolute Gasteiger partial charge is 0.475 e. The van der Waals surface area contributed by atoms with Gasteiger partial charge in [-0.05, 0) is 49.4 Å². The Kier molecular flexibility index (Phi) is 5.20. The molecular formula is C17H32BNO4. The first-order valence-electron chi connectivity index (χ1n) is 8.76. The van der Waals surface area contributed by atoms with E-state index in [4.69, 9.17) is 24.9 Å². The minimum absolute atomic E-state index is 0.00253. The van der Waals surface area contributed by atoms with Gasteiger partial charge in [0.05, 0.1) is 11.7 Å². The van der Waals surface area contributed by atoms with E-state index < -0.39 is 5.97 Å². The van der Waals surface area contributed by atoms with Crippen LogP contribution in [0.15, 0.2) is 0 Å². The molecule has 3 N–H and O–H groups in total. The van der Waals surface area contributed by atoms with Gasteiger partial charge in [0.2, 0.25) is 0 Å². The van der Waals surface area contributed by atoms with Crippen molar-refractivity contribution in [2.24, 2.45) is 28.9 Å². The Hall–Kier alpha value is -0.585. The second kappa shape index (κ2) is 6.38. The molecule has 132 valence electrons. The molecule has 0 aromatic rings. The molecular weight excluding hydrogens is 293 g/mol. The summed E-state index contributed by atoms with van der Waals surface area (Å²) in [4.78, 5) is 9.00. The molecule has 5 nitrogen and oxygen atoms in total. The van der Waals surface area contributed by atoms with E-state index >= 15 is 0 Å². The van der Waals surface area contributed by atoms with Crippen LogP contribution >= 0.6 is 0 Å². The van der Waals surface area contributed by atoms with Crippen molar-refractivity contribution < 1.29 is 19.2 Å². The van der Waals surface area contributed by atoms with Crippen molar-refractivity contribution in [1.82, 2.24) is 0 Å². The van der Waals surface area contributed by atoms with Gasteiger partial charge >= 0.3 is 7.12 Å². The number of carboxylic acids is 1. The van der Waals surface area contributed by atoms with Crippen LogP contribution in [-0.4, -0.2) is 35.8 Å². The van der Waals surface area contributed by atoms with Crippen molar-refractivity contribution in [2.75, 3.05) is 0 Å². The summed E-state index contributed by atoms with van der Waals surface area (Å²) in [5, 5.41) is 7.42. The van der Waals surface area contributed by atoms with E-state index in [1.165, 1.54) is 6.42 Å². The minimum atomic E-state index is -0.833. The number of nitrogens with two attached hydrogens (primary N) is 1. The Bertz CT molecular complexity index is 452. The molecule has 0 spiro atoms. The standard InChI is InChI=1S/C15H28BNO2.C2H4O2/c1-9(2)6-13(17)16-18-12-8-10-7-11(14(10,3)4)15(12,5)19-16;1-2(3)4/h9-13H,6-8,17H2,1-5H3;1H3,(H,3,4)/t10-,11-,12+,13+,15-;/m0./s1. The molecule has 1 aliphatic heterocycles.